The molecule has 2 saturated heterocycles. The Bertz CT molecular complexity index is 468. The Kier molecular flexibility index (Phi) is 8.18. The second kappa shape index (κ2) is 9.93. The van der Waals surface area contributed by atoms with Gasteiger partial charge in [-0.05, 0) is 19.9 Å². The molecule has 158 valence electrons. The van der Waals surface area contributed by atoms with Gasteiger partial charge in [0.1, 0.15) is 6.04 Å². The molecule has 2 atom stereocenters. The van der Waals surface area contributed by atoms with Gasteiger partial charge in [-0.25, -0.2) is 0 Å². The fourth-order valence-electron chi connectivity index (χ4n) is 3.66. The van der Waals surface area contributed by atoms with Crippen LogP contribution in [0.2, 0.25) is 0 Å². The van der Waals surface area contributed by atoms with E-state index in [2.05, 4.69) is 39.0 Å². The summed E-state index contributed by atoms with van der Waals surface area (Å²) in [7, 11) is 3.89. The molecule has 2 heterocycles. The van der Waals surface area contributed by atoms with Crippen molar-refractivity contribution < 1.29 is 13.2 Å². The summed E-state index contributed by atoms with van der Waals surface area (Å²) in [5.41, 5.74) is 0. The van der Waals surface area contributed by atoms with Gasteiger partial charge in [-0.1, -0.05) is 6.92 Å². The Morgan fingerprint density at radius 3 is 2.11 bits per heavy atom. The van der Waals surface area contributed by atoms with Crippen LogP contribution in [0.1, 0.15) is 13.8 Å². The van der Waals surface area contributed by atoms with E-state index < -0.39 is 12.2 Å². The van der Waals surface area contributed by atoms with Crippen LogP contribution in [0.4, 0.5) is 13.2 Å². The van der Waals surface area contributed by atoms with Gasteiger partial charge in [-0.3, -0.25) is 9.89 Å². The van der Waals surface area contributed by atoms with Crippen molar-refractivity contribution in [3.8, 4) is 0 Å². The van der Waals surface area contributed by atoms with Gasteiger partial charge in [0.2, 0.25) is 0 Å². The average molecular weight is 393 g/mol. The lowest BCUT2D eigenvalue weighted by Gasteiger charge is -2.40. The first kappa shape index (κ1) is 22.2. The Morgan fingerprint density at radius 2 is 1.59 bits per heavy atom. The van der Waals surface area contributed by atoms with Gasteiger partial charge < -0.3 is 20.0 Å². The van der Waals surface area contributed by atoms with Crippen molar-refractivity contribution in [3.05, 3.63) is 0 Å². The van der Waals surface area contributed by atoms with Crippen molar-refractivity contribution in [2.75, 3.05) is 79.5 Å². The standard InChI is InChI=1S/C18H35F3N6/c1-15(14-25-7-5-24(4)6-8-25)13-23-17(22-3)27-11-9-26(10-12-27)16(2)18(19,20)21/h15-16H,5-14H2,1-4H3,(H,22,23). The van der Waals surface area contributed by atoms with Gasteiger partial charge in [0.05, 0.1) is 0 Å². The van der Waals surface area contributed by atoms with Crippen LogP contribution in [0.25, 0.3) is 0 Å². The van der Waals surface area contributed by atoms with E-state index >= 15 is 0 Å². The zero-order valence-electron chi connectivity index (χ0n) is 17.1. The van der Waals surface area contributed by atoms with Crippen molar-refractivity contribution >= 4 is 5.96 Å². The molecule has 2 unspecified atom stereocenters. The molecule has 6 nitrogen and oxygen atoms in total. The number of aliphatic imine (C=N–C) groups is 1. The second-order valence-electron chi connectivity index (χ2n) is 7.88. The summed E-state index contributed by atoms with van der Waals surface area (Å²) in [5, 5.41) is 3.41. The van der Waals surface area contributed by atoms with Crippen molar-refractivity contribution in [1.29, 1.82) is 0 Å². The summed E-state index contributed by atoms with van der Waals surface area (Å²) in [6, 6.07) is -1.39. The highest BCUT2D eigenvalue weighted by atomic mass is 19.4. The Labute approximate surface area is 161 Å². The number of guanidine groups is 1. The molecule has 0 radical (unpaired) electrons. The van der Waals surface area contributed by atoms with E-state index in [-0.39, 0.29) is 0 Å². The van der Waals surface area contributed by atoms with E-state index in [1.807, 2.05) is 0 Å². The quantitative estimate of drug-likeness (QED) is 0.559. The molecule has 0 aromatic heterocycles. The third-order valence-corrected chi connectivity index (χ3v) is 5.62. The second-order valence-corrected chi connectivity index (χ2v) is 7.88. The molecule has 0 amide bonds. The van der Waals surface area contributed by atoms with E-state index in [9.17, 15) is 13.2 Å². The van der Waals surface area contributed by atoms with Crippen LogP contribution >= 0.6 is 0 Å². The third kappa shape index (κ3) is 6.80. The lowest BCUT2D eigenvalue weighted by molar-refractivity contribution is -0.181. The Balaban J connectivity index is 1.73. The summed E-state index contributed by atoms with van der Waals surface area (Å²) < 4.78 is 38.6. The molecule has 0 aliphatic carbocycles. The maximum absolute atomic E-state index is 12.9. The first-order chi connectivity index (χ1) is 12.7. The number of piperazine rings is 2. The molecule has 0 bridgehead atoms. The minimum absolute atomic E-state index is 0.401. The van der Waals surface area contributed by atoms with E-state index in [1.165, 1.54) is 11.8 Å². The van der Waals surface area contributed by atoms with Crippen molar-refractivity contribution in [2.24, 2.45) is 10.9 Å². The topological polar surface area (TPSA) is 37.4 Å². The molecule has 27 heavy (non-hydrogen) atoms. The third-order valence-electron chi connectivity index (χ3n) is 5.62. The summed E-state index contributed by atoms with van der Waals surface area (Å²) in [6.45, 7) is 11.7. The molecule has 0 saturated carbocycles. The number of alkyl halides is 3. The zero-order chi connectivity index (χ0) is 20.0. The smallest absolute Gasteiger partial charge is 0.356 e. The highest BCUT2D eigenvalue weighted by molar-refractivity contribution is 5.80. The van der Waals surface area contributed by atoms with Crippen LogP contribution < -0.4 is 5.32 Å². The van der Waals surface area contributed by atoms with Crippen LogP contribution in [0.3, 0.4) is 0 Å². The normalized spacial score (nSPS) is 24.1. The zero-order valence-corrected chi connectivity index (χ0v) is 17.1. The number of hydrogen-bond donors (Lipinski definition) is 1. The lowest BCUT2D eigenvalue weighted by Crippen LogP contribution is -2.57. The molecule has 2 fully saturated rings. The van der Waals surface area contributed by atoms with E-state index in [0.717, 1.165) is 45.2 Å². The van der Waals surface area contributed by atoms with Crippen molar-refractivity contribution in [2.45, 2.75) is 26.1 Å². The molecule has 0 aromatic rings. The first-order valence-electron chi connectivity index (χ1n) is 9.88. The van der Waals surface area contributed by atoms with Crippen LogP contribution in [-0.2, 0) is 0 Å². The predicted octanol–water partition coefficient (Wildman–Crippen LogP) is 1.01. The fraction of sp³-hybridized carbons (Fsp3) is 0.944. The maximum atomic E-state index is 12.9. The SMILES string of the molecule is CN=C(NCC(C)CN1CCN(C)CC1)N1CCN(C(C)C(F)(F)F)CC1. The number of nitrogens with zero attached hydrogens (tertiary/aromatic N) is 5. The highest BCUT2D eigenvalue weighted by Gasteiger charge is 2.41. The van der Waals surface area contributed by atoms with Gasteiger partial charge in [0.15, 0.2) is 5.96 Å². The monoisotopic (exact) mass is 392 g/mol. The molecule has 2 rings (SSSR count). The predicted molar refractivity (Wildman–Crippen MR) is 103 cm³/mol. The minimum atomic E-state index is -4.17. The van der Waals surface area contributed by atoms with Gasteiger partial charge >= 0.3 is 6.18 Å². The summed E-state index contributed by atoms with van der Waals surface area (Å²) >= 11 is 0. The molecule has 2 aliphatic rings. The molecule has 1 N–H and O–H groups in total. The highest BCUT2D eigenvalue weighted by Crippen LogP contribution is 2.25. The number of rotatable bonds is 5. The Hall–Kier alpha value is -1.06. The summed E-state index contributed by atoms with van der Waals surface area (Å²) in [5.74, 6) is 1.27. The number of nitrogens with one attached hydrogen (secondary N) is 1. The van der Waals surface area contributed by atoms with Crippen LogP contribution in [0.5, 0.6) is 0 Å². The van der Waals surface area contributed by atoms with Gasteiger partial charge in [0.25, 0.3) is 0 Å². The molecular weight excluding hydrogens is 357 g/mol. The van der Waals surface area contributed by atoms with Crippen molar-refractivity contribution in [1.82, 2.24) is 24.9 Å². The average Bonchev–Trinajstić information content (AvgIpc) is 2.63. The maximum Gasteiger partial charge on any atom is 0.403 e. The number of likely N-dealkylation sites (N-methyl/N-ethyl adjacent to an activating group) is 1. The molecule has 9 heteroatoms. The van der Waals surface area contributed by atoms with E-state index in [1.54, 1.807) is 7.05 Å². The fourth-order valence-corrected chi connectivity index (χ4v) is 3.66. The number of halogens is 3. The Morgan fingerprint density at radius 1 is 1.00 bits per heavy atom. The van der Waals surface area contributed by atoms with E-state index in [0.29, 0.717) is 32.1 Å². The van der Waals surface area contributed by atoms with E-state index in [4.69, 9.17) is 0 Å². The summed E-state index contributed by atoms with van der Waals surface area (Å²) in [4.78, 5) is 12.7. The summed E-state index contributed by atoms with van der Waals surface area (Å²) in [6.07, 6.45) is -4.17. The van der Waals surface area contributed by atoms with Crippen LogP contribution in [0, 0.1) is 5.92 Å². The first-order valence-corrected chi connectivity index (χ1v) is 9.88. The van der Waals surface area contributed by atoms with Gasteiger partial charge in [0, 0.05) is 72.5 Å². The minimum Gasteiger partial charge on any atom is -0.356 e. The van der Waals surface area contributed by atoms with Crippen molar-refractivity contribution in [3.63, 3.8) is 0 Å². The van der Waals surface area contributed by atoms with Gasteiger partial charge in [-0.2, -0.15) is 13.2 Å². The number of hydrogen-bond acceptors (Lipinski definition) is 4. The van der Waals surface area contributed by atoms with Crippen LogP contribution in [0.15, 0.2) is 4.99 Å². The van der Waals surface area contributed by atoms with Crippen LogP contribution in [-0.4, -0.2) is 117 Å². The largest absolute Gasteiger partial charge is 0.403 e. The van der Waals surface area contributed by atoms with Gasteiger partial charge in [-0.15, -0.1) is 0 Å². The molecule has 0 aromatic carbocycles. The molecular formula is C18H35F3N6. The molecule has 0 spiro atoms. The lowest BCUT2D eigenvalue weighted by atomic mass is 10.1. The molecule has 2 aliphatic heterocycles.